The van der Waals surface area contributed by atoms with Gasteiger partial charge in [-0.1, -0.05) is 11.8 Å². The molecule has 0 saturated heterocycles. The van der Waals surface area contributed by atoms with Crippen LogP contribution in [-0.2, 0) is 9.63 Å². The van der Waals surface area contributed by atoms with Crippen LogP contribution in [0, 0.1) is 5.21 Å². The van der Waals surface area contributed by atoms with E-state index in [1.165, 1.54) is 11.9 Å². The largest absolute Gasteiger partial charge is 0.569 e. The Morgan fingerprint density at radius 2 is 2.13 bits per heavy atom. The number of rotatable bonds is 7. The summed E-state index contributed by atoms with van der Waals surface area (Å²) in [5.41, 5.74) is 0. The number of carbonyl (C=O) groups excluding carboxylic acids is 1. The molecule has 0 aromatic heterocycles. The molecule has 0 saturated carbocycles. The fourth-order valence-corrected chi connectivity index (χ4v) is 1.28. The lowest BCUT2D eigenvalue weighted by molar-refractivity contribution is -0.709. The van der Waals surface area contributed by atoms with Gasteiger partial charge >= 0.3 is 0 Å². The normalized spacial score (nSPS) is 11.3. The van der Waals surface area contributed by atoms with Crippen molar-refractivity contribution in [3.63, 3.8) is 0 Å². The lowest BCUT2D eigenvalue weighted by atomic mass is 10.6. The van der Waals surface area contributed by atoms with Crippen molar-refractivity contribution in [3.05, 3.63) is 5.21 Å². The van der Waals surface area contributed by atoms with Crippen LogP contribution in [0.3, 0.4) is 0 Å². The molecule has 6 nitrogen and oxygen atoms in total. The second kappa shape index (κ2) is 8.34. The molecule has 0 unspecified atom stereocenters. The third kappa shape index (κ3) is 7.01. The van der Waals surface area contributed by atoms with Gasteiger partial charge in [-0.3, -0.25) is 4.79 Å². The minimum atomic E-state index is 0.0290. The topological polar surface area (TPSA) is 68.0 Å². The van der Waals surface area contributed by atoms with E-state index in [-0.39, 0.29) is 11.7 Å². The van der Waals surface area contributed by atoms with E-state index in [9.17, 15) is 10.0 Å². The Morgan fingerprint density at radius 3 is 2.60 bits per heavy atom. The van der Waals surface area contributed by atoms with Crippen LogP contribution in [0.2, 0.25) is 0 Å². The quantitative estimate of drug-likeness (QED) is 0.289. The van der Waals surface area contributed by atoms with E-state index in [2.05, 4.69) is 5.28 Å². The Labute approximate surface area is 93.8 Å². The maximum atomic E-state index is 11.2. The second-order valence-electron chi connectivity index (χ2n) is 2.65. The van der Waals surface area contributed by atoms with E-state index in [1.54, 1.807) is 0 Å². The van der Waals surface area contributed by atoms with Crippen molar-refractivity contribution in [2.24, 2.45) is 5.28 Å². The van der Waals surface area contributed by atoms with Crippen LogP contribution in [0.4, 0.5) is 0 Å². The summed E-state index contributed by atoms with van der Waals surface area (Å²) in [6.07, 6.45) is 0. The average Bonchev–Trinajstić information content (AvgIpc) is 2.18. The van der Waals surface area contributed by atoms with Crippen LogP contribution in [0.25, 0.3) is 0 Å². The molecule has 0 aliphatic heterocycles. The van der Waals surface area contributed by atoms with E-state index in [4.69, 9.17) is 4.84 Å². The summed E-state index contributed by atoms with van der Waals surface area (Å²) >= 11 is 1.14. The van der Waals surface area contributed by atoms with Gasteiger partial charge < -0.3 is 10.0 Å². The number of hydrogen-bond acceptors (Lipinski definition) is 5. The van der Waals surface area contributed by atoms with Crippen LogP contribution in [0.5, 0.6) is 0 Å². The molecular formula is C8H17N3O3S. The van der Waals surface area contributed by atoms with Crippen LogP contribution < -0.4 is 0 Å². The van der Waals surface area contributed by atoms with Gasteiger partial charge in [-0.2, -0.15) is 0 Å². The number of thioether (sulfide) groups is 1. The predicted molar refractivity (Wildman–Crippen MR) is 58.1 cm³/mol. The maximum Gasteiger partial charge on any atom is 0.233 e. The maximum absolute atomic E-state index is 11.2. The Hall–Kier alpha value is -0.980. The van der Waals surface area contributed by atoms with Gasteiger partial charge in [-0.25, -0.2) is 0 Å². The molecule has 0 aromatic rings. The van der Waals surface area contributed by atoms with E-state index in [0.717, 1.165) is 11.8 Å². The Morgan fingerprint density at radius 1 is 1.53 bits per heavy atom. The van der Waals surface area contributed by atoms with E-state index in [0.29, 0.717) is 23.8 Å². The van der Waals surface area contributed by atoms with Crippen molar-refractivity contribution < 1.29 is 14.6 Å². The molecule has 7 heteroatoms. The molecule has 0 amide bonds. The van der Waals surface area contributed by atoms with Crippen LogP contribution in [-0.4, -0.2) is 40.5 Å². The van der Waals surface area contributed by atoms with Crippen molar-refractivity contribution in [1.82, 2.24) is 5.01 Å². The van der Waals surface area contributed by atoms with E-state index >= 15 is 0 Å². The van der Waals surface area contributed by atoms with Crippen molar-refractivity contribution in [2.45, 2.75) is 20.8 Å². The molecule has 0 aromatic carbocycles. The zero-order valence-corrected chi connectivity index (χ0v) is 10.1. The number of hydrazine groups is 1. The van der Waals surface area contributed by atoms with Crippen molar-refractivity contribution >= 4 is 16.9 Å². The van der Waals surface area contributed by atoms with Gasteiger partial charge in [0.1, 0.15) is 6.61 Å². The van der Waals surface area contributed by atoms with Gasteiger partial charge in [-0.15, -0.1) is 5.01 Å². The molecule has 0 radical (unpaired) electrons. The zero-order valence-electron chi connectivity index (χ0n) is 9.30. The van der Waals surface area contributed by atoms with Gasteiger partial charge in [0, 0.05) is 12.7 Å². The highest BCUT2D eigenvalue weighted by Crippen LogP contribution is 2.00. The van der Waals surface area contributed by atoms with Gasteiger partial charge in [-0.05, 0) is 13.8 Å². The van der Waals surface area contributed by atoms with Crippen LogP contribution in [0.1, 0.15) is 20.8 Å². The summed E-state index contributed by atoms with van der Waals surface area (Å²) in [7, 11) is 0. The first-order valence-electron chi connectivity index (χ1n) is 4.80. The van der Waals surface area contributed by atoms with E-state index < -0.39 is 0 Å². The van der Waals surface area contributed by atoms with Gasteiger partial charge in [0.15, 0.2) is 5.12 Å². The van der Waals surface area contributed by atoms with Gasteiger partial charge in [0.2, 0.25) is 5.28 Å². The fraction of sp³-hybridized carbons (Fsp3) is 0.875. The standard InChI is InChI=1S/C8H17N3O3S/c1-4-10(5-2)11(13)9-14-6-7-15-8(3)12/h4-7H2,1-3H3/b11-9-. The van der Waals surface area contributed by atoms with Crippen LogP contribution in [0.15, 0.2) is 5.28 Å². The molecule has 0 atom stereocenters. The summed E-state index contributed by atoms with van der Waals surface area (Å²) in [5, 5.41) is 16.0. The summed E-state index contributed by atoms with van der Waals surface area (Å²) in [5.74, 6) is 0.505. The lowest BCUT2D eigenvalue weighted by Gasteiger charge is -2.13. The van der Waals surface area contributed by atoms with Crippen molar-refractivity contribution in [3.8, 4) is 0 Å². The monoisotopic (exact) mass is 235 g/mol. The lowest BCUT2D eigenvalue weighted by Crippen LogP contribution is -2.30. The molecular weight excluding hydrogens is 218 g/mol. The van der Waals surface area contributed by atoms with Crippen molar-refractivity contribution in [2.75, 3.05) is 25.4 Å². The minimum absolute atomic E-state index is 0.0290. The fourth-order valence-electron chi connectivity index (χ4n) is 0.830. The highest BCUT2D eigenvalue weighted by Gasteiger charge is 2.06. The molecule has 88 valence electrons. The highest BCUT2D eigenvalue weighted by atomic mass is 32.2. The molecule has 0 aliphatic rings. The van der Waals surface area contributed by atoms with E-state index in [1.807, 2.05) is 13.8 Å². The summed E-state index contributed by atoms with van der Waals surface area (Å²) in [4.78, 5) is 15.7. The Balaban J connectivity index is 3.70. The molecule has 0 rings (SSSR count). The Kier molecular flexibility index (Phi) is 7.79. The molecule has 0 heterocycles. The second-order valence-corrected chi connectivity index (χ2v) is 3.92. The summed E-state index contributed by atoms with van der Waals surface area (Å²) < 4.78 is 0. The first kappa shape index (κ1) is 14.0. The van der Waals surface area contributed by atoms with Crippen LogP contribution >= 0.6 is 11.8 Å². The smallest absolute Gasteiger partial charge is 0.233 e. The average molecular weight is 235 g/mol. The Bertz CT molecular complexity index is 219. The zero-order chi connectivity index (χ0) is 11.7. The van der Waals surface area contributed by atoms with Crippen molar-refractivity contribution in [1.29, 1.82) is 0 Å². The highest BCUT2D eigenvalue weighted by molar-refractivity contribution is 8.13. The summed E-state index contributed by atoms with van der Waals surface area (Å²) in [6.45, 7) is 6.61. The predicted octanol–water partition coefficient (Wildman–Crippen LogP) is 1.42. The first-order valence-corrected chi connectivity index (χ1v) is 5.78. The molecule has 15 heavy (non-hydrogen) atoms. The number of nitrogens with zero attached hydrogens (tertiary/aromatic N) is 3. The summed E-state index contributed by atoms with van der Waals surface area (Å²) in [6, 6.07) is 0. The number of hydrogen-bond donors (Lipinski definition) is 0. The molecule has 0 bridgehead atoms. The molecule has 0 spiro atoms. The third-order valence-corrected chi connectivity index (χ3v) is 2.36. The molecule has 0 fully saturated rings. The minimum Gasteiger partial charge on any atom is -0.569 e. The first-order chi connectivity index (χ1) is 7.11. The molecule has 0 N–H and O–H groups in total. The molecule has 0 aliphatic carbocycles. The SMILES string of the molecule is CCN(CC)/[N+]([O-])=N/OCCSC(C)=O. The van der Waals surface area contributed by atoms with Gasteiger partial charge in [0.05, 0.1) is 18.1 Å². The number of carbonyl (C=O) groups is 1. The third-order valence-electron chi connectivity index (χ3n) is 1.58. The van der Waals surface area contributed by atoms with Gasteiger partial charge in [0.25, 0.3) is 0 Å².